The average Bonchev–Trinajstić information content (AvgIpc) is 2.35. The summed E-state index contributed by atoms with van der Waals surface area (Å²) in [5, 5.41) is 3.68. The third-order valence-corrected chi connectivity index (χ3v) is 1.76. The van der Waals surface area contributed by atoms with E-state index in [1.54, 1.807) is 7.05 Å². The summed E-state index contributed by atoms with van der Waals surface area (Å²) in [6.45, 7) is 2.72. The molecule has 1 radical (unpaired) electrons. The van der Waals surface area contributed by atoms with E-state index in [2.05, 4.69) is 16.4 Å². The molecule has 1 aromatic rings. The minimum atomic E-state index is -0.802. The quantitative estimate of drug-likeness (QED) is 0.566. The van der Waals surface area contributed by atoms with E-state index >= 15 is 0 Å². The van der Waals surface area contributed by atoms with Crippen LogP contribution >= 0.6 is 0 Å². The van der Waals surface area contributed by atoms with Crippen LogP contribution in [0.4, 0.5) is 0 Å². The first-order chi connectivity index (χ1) is 6.04. The van der Waals surface area contributed by atoms with Gasteiger partial charge in [-0.15, -0.1) is 0 Å². The second-order valence-corrected chi connectivity index (χ2v) is 2.85. The van der Waals surface area contributed by atoms with Gasteiger partial charge in [0.15, 0.2) is 0 Å². The van der Waals surface area contributed by atoms with Gasteiger partial charge in [0.1, 0.15) is 11.6 Å². The van der Waals surface area contributed by atoms with E-state index < -0.39 is 5.92 Å². The molecule has 0 spiro atoms. The molecule has 0 fully saturated rings. The summed E-state index contributed by atoms with van der Waals surface area (Å²) in [6.07, 6.45) is 2.35. The maximum Gasteiger partial charge on any atom is 0.130 e. The Morgan fingerprint density at radius 1 is 1.36 bits per heavy atom. The molecular formula is C8H10N3O2Y-. The number of carbonyl (C=O) groups excluding carboxylic acids is 2. The van der Waals surface area contributed by atoms with Gasteiger partial charge in [0.2, 0.25) is 0 Å². The van der Waals surface area contributed by atoms with Crippen molar-refractivity contribution in [2.75, 3.05) is 0 Å². The van der Waals surface area contributed by atoms with Gasteiger partial charge in [-0.3, -0.25) is 5.10 Å². The number of aromatic nitrogens is 3. The number of carbonyl (C=O) groups is 2. The number of hydrogen-bond acceptors (Lipinski definition) is 4. The number of Topliss-reactive ketones (excluding diaryl/α,β-unsaturated/α-hetero) is 2. The van der Waals surface area contributed by atoms with Crippen LogP contribution in [-0.4, -0.2) is 26.3 Å². The molecule has 1 rings (SSSR count). The molecule has 0 aliphatic rings. The van der Waals surface area contributed by atoms with Crippen molar-refractivity contribution in [1.82, 2.24) is 14.8 Å². The fourth-order valence-corrected chi connectivity index (χ4v) is 1.17. The molecule has 0 bridgehead atoms. The van der Waals surface area contributed by atoms with Gasteiger partial charge in [0.25, 0.3) is 0 Å². The van der Waals surface area contributed by atoms with Crippen molar-refractivity contribution < 1.29 is 42.3 Å². The molecule has 73 valence electrons. The van der Waals surface area contributed by atoms with E-state index in [-0.39, 0.29) is 44.3 Å². The molecule has 0 aliphatic carbocycles. The van der Waals surface area contributed by atoms with E-state index in [1.165, 1.54) is 18.5 Å². The Bertz CT molecular complexity index is 334. The summed E-state index contributed by atoms with van der Waals surface area (Å²) in [6, 6.07) is 0. The molecule has 5 nitrogen and oxygen atoms in total. The van der Waals surface area contributed by atoms with Crippen molar-refractivity contribution in [1.29, 1.82) is 0 Å². The zero-order valence-corrected chi connectivity index (χ0v) is 11.2. The average molecular weight is 269 g/mol. The Hall–Kier alpha value is -0.416. The van der Waals surface area contributed by atoms with E-state index in [1.807, 2.05) is 0 Å². The van der Waals surface area contributed by atoms with E-state index in [0.717, 1.165) is 0 Å². The number of ketones is 2. The Morgan fingerprint density at radius 3 is 2.14 bits per heavy atom. The largest absolute Gasteiger partial charge is 0.417 e. The molecule has 14 heavy (non-hydrogen) atoms. The van der Waals surface area contributed by atoms with Crippen LogP contribution in [0.1, 0.15) is 25.6 Å². The zero-order chi connectivity index (χ0) is 10.0. The third-order valence-electron chi connectivity index (χ3n) is 1.76. The normalized spacial score (nSPS) is 9.71. The zero-order valence-electron chi connectivity index (χ0n) is 8.31. The molecule has 0 aliphatic heterocycles. The van der Waals surface area contributed by atoms with Crippen molar-refractivity contribution in [2.24, 2.45) is 7.05 Å². The van der Waals surface area contributed by atoms with Crippen molar-refractivity contribution in [2.45, 2.75) is 19.8 Å². The van der Waals surface area contributed by atoms with E-state index in [9.17, 15) is 9.59 Å². The van der Waals surface area contributed by atoms with Crippen molar-refractivity contribution in [3.63, 3.8) is 0 Å². The molecular weight excluding hydrogens is 259 g/mol. The van der Waals surface area contributed by atoms with Crippen LogP contribution in [0.25, 0.3) is 0 Å². The fourth-order valence-electron chi connectivity index (χ4n) is 1.17. The summed E-state index contributed by atoms with van der Waals surface area (Å²) in [4.78, 5) is 26.0. The first kappa shape index (κ1) is 13.6. The van der Waals surface area contributed by atoms with Crippen LogP contribution in [0.15, 0.2) is 0 Å². The summed E-state index contributed by atoms with van der Waals surface area (Å²) < 4.78 is 1.38. The summed E-state index contributed by atoms with van der Waals surface area (Å²) in [5.74, 6) is -0.905. The summed E-state index contributed by atoms with van der Waals surface area (Å²) in [7, 11) is 1.62. The first-order valence-electron chi connectivity index (χ1n) is 3.82. The smallest absolute Gasteiger partial charge is 0.130 e. The van der Waals surface area contributed by atoms with Gasteiger partial charge in [-0.25, -0.2) is 0 Å². The minimum absolute atomic E-state index is 0. The minimum Gasteiger partial charge on any atom is -0.417 e. The van der Waals surface area contributed by atoms with Gasteiger partial charge < -0.3 is 19.3 Å². The second kappa shape index (κ2) is 5.46. The van der Waals surface area contributed by atoms with Crippen LogP contribution in [0.5, 0.6) is 0 Å². The van der Waals surface area contributed by atoms with Gasteiger partial charge >= 0.3 is 0 Å². The standard InChI is InChI=1S/C8H10N3O2.Y/c1-5(12)7(6(2)13)8-9-4-10-11(8)3;/h7H,1-3H3;/q-1;. The first-order valence-corrected chi connectivity index (χ1v) is 3.82. The summed E-state index contributed by atoms with van der Waals surface area (Å²) in [5.41, 5.74) is 0. The van der Waals surface area contributed by atoms with Crippen molar-refractivity contribution >= 4 is 11.6 Å². The maximum absolute atomic E-state index is 11.1. The topological polar surface area (TPSA) is 64.8 Å². The Kier molecular flexibility index (Phi) is 5.30. The van der Waals surface area contributed by atoms with Crippen LogP contribution in [-0.2, 0) is 49.3 Å². The summed E-state index contributed by atoms with van der Waals surface area (Å²) >= 11 is 0. The van der Waals surface area contributed by atoms with Gasteiger partial charge in [0, 0.05) is 39.8 Å². The number of nitrogens with zero attached hydrogens (tertiary/aromatic N) is 3. The number of aryl methyl sites for hydroxylation is 1. The Balaban J connectivity index is 0.00000169. The molecule has 0 N–H and O–H groups in total. The van der Waals surface area contributed by atoms with Gasteiger partial charge in [-0.1, -0.05) is 0 Å². The molecule has 0 amide bonds. The molecule has 0 aromatic carbocycles. The molecule has 1 aromatic heterocycles. The Morgan fingerprint density at radius 2 is 1.86 bits per heavy atom. The molecule has 0 atom stereocenters. The molecule has 1 heterocycles. The monoisotopic (exact) mass is 269 g/mol. The van der Waals surface area contributed by atoms with Crippen molar-refractivity contribution in [3.8, 4) is 0 Å². The number of hydrogen-bond donors (Lipinski definition) is 0. The van der Waals surface area contributed by atoms with Crippen LogP contribution in [0.3, 0.4) is 0 Å². The molecule has 6 heteroatoms. The second-order valence-electron chi connectivity index (χ2n) is 2.85. The predicted molar refractivity (Wildman–Crippen MR) is 43.9 cm³/mol. The number of rotatable bonds is 3. The van der Waals surface area contributed by atoms with E-state index in [0.29, 0.717) is 5.82 Å². The van der Waals surface area contributed by atoms with E-state index in [4.69, 9.17) is 0 Å². The van der Waals surface area contributed by atoms with Crippen LogP contribution < -0.4 is 0 Å². The maximum atomic E-state index is 11.1. The molecule has 0 unspecified atom stereocenters. The van der Waals surface area contributed by atoms with Gasteiger partial charge in [-0.05, 0) is 26.0 Å². The molecule has 0 saturated carbocycles. The predicted octanol–water partition coefficient (Wildman–Crippen LogP) is -0.126. The van der Waals surface area contributed by atoms with Crippen LogP contribution in [0, 0.1) is 6.33 Å². The van der Waals surface area contributed by atoms with Crippen molar-refractivity contribution in [3.05, 3.63) is 12.2 Å². The SMILES string of the molecule is CC(=O)C(C(C)=O)c1n[c-]nn1C.[Y]. The van der Waals surface area contributed by atoms with Gasteiger partial charge in [-0.2, -0.15) is 0 Å². The molecule has 0 saturated heterocycles. The fraction of sp³-hybridized carbons (Fsp3) is 0.500. The third kappa shape index (κ3) is 2.79. The Labute approximate surface area is 107 Å². The van der Waals surface area contributed by atoms with Gasteiger partial charge in [0.05, 0.1) is 5.92 Å². The van der Waals surface area contributed by atoms with Crippen LogP contribution in [0.2, 0.25) is 0 Å².